The van der Waals surface area contributed by atoms with Gasteiger partial charge in [-0.05, 0) is 87.1 Å². The Morgan fingerprint density at radius 1 is 0.738 bits per heavy atom. The van der Waals surface area contributed by atoms with Crippen LogP contribution in [-0.4, -0.2) is 56.7 Å². The molecule has 0 aliphatic carbocycles. The molecule has 5 nitrogen and oxygen atoms in total. The van der Waals surface area contributed by atoms with Gasteiger partial charge in [0.15, 0.2) is 0 Å². The first-order valence-corrected chi connectivity index (χ1v) is 16.2. The van der Waals surface area contributed by atoms with Crippen LogP contribution in [-0.2, 0) is 16.6 Å². The lowest BCUT2D eigenvalue weighted by atomic mass is 9.96. The van der Waals surface area contributed by atoms with Gasteiger partial charge in [-0.15, -0.1) is 0 Å². The molecule has 0 unspecified atom stereocenters. The molecule has 4 rings (SSSR count). The zero-order valence-electron chi connectivity index (χ0n) is 26.2. The van der Waals surface area contributed by atoms with E-state index in [1.807, 2.05) is 58.0 Å². The number of rotatable bonds is 12. The van der Waals surface area contributed by atoms with Crippen molar-refractivity contribution in [2.45, 2.75) is 58.9 Å². The highest BCUT2D eigenvalue weighted by Gasteiger charge is 2.27. The van der Waals surface area contributed by atoms with Crippen molar-refractivity contribution in [3.05, 3.63) is 112 Å². The van der Waals surface area contributed by atoms with Crippen LogP contribution in [0.5, 0.6) is 0 Å². The number of carbonyl (C=O) groups is 1. The minimum atomic E-state index is -3.73. The van der Waals surface area contributed by atoms with Crippen molar-refractivity contribution in [3.8, 4) is 0 Å². The first-order valence-electron chi connectivity index (χ1n) is 14.7. The fourth-order valence-corrected chi connectivity index (χ4v) is 7.62. The summed E-state index contributed by atoms with van der Waals surface area (Å²) in [7, 11) is 0.432. The average molecular weight is 586 g/mol. The molecule has 222 valence electrons. The van der Waals surface area contributed by atoms with Crippen molar-refractivity contribution in [2.75, 3.05) is 33.7 Å². The van der Waals surface area contributed by atoms with Gasteiger partial charge in [-0.3, -0.25) is 4.79 Å². The number of hydrogen-bond acceptors (Lipinski definition) is 3. The van der Waals surface area contributed by atoms with Crippen molar-refractivity contribution in [3.63, 3.8) is 0 Å². The van der Waals surface area contributed by atoms with Gasteiger partial charge in [0.1, 0.15) is 6.54 Å². The van der Waals surface area contributed by atoms with E-state index in [4.69, 9.17) is 0 Å². The van der Waals surface area contributed by atoms with Gasteiger partial charge in [-0.1, -0.05) is 77.4 Å². The number of unbranched alkanes of at least 4 members (excludes halogenated alkanes) is 1. The standard InChI is InChI=1S/C36H45N2O3S/c1-26-18-27(2)22-31(21-26)24-37(42(40,41)34-15-14-32-12-8-9-13-33(32)23-34)16-10-11-17-38(6,7)25-35(39)36-29(4)19-28(3)20-30(36)5/h8-9,12-15,18-23H,10-11,16-17,24-25H2,1-7H3/q+1. The van der Waals surface area contributed by atoms with Crippen molar-refractivity contribution < 1.29 is 17.7 Å². The molecular weight excluding hydrogens is 540 g/mol. The number of nitrogens with zero attached hydrogens (tertiary/aromatic N) is 2. The molecule has 42 heavy (non-hydrogen) atoms. The van der Waals surface area contributed by atoms with Gasteiger partial charge in [-0.2, -0.15) is 4.31 Å². The van der Waals surface area contributed by atoms with Crippen molar-refractivity contribution >= 4 is 26.6 Å². The molecule has 0 fully saturated rings. The van der Waals surface area contributed by atoms with Crippen molar-refractivity contribution in [1.82, 2.24) is 4.31 Å². The summed E-state index contributed by atoms with van der Waals surface area (Å²) < 4.78 is 30.2. The minimum absolute atomic E-state index is 0.158. The van der Waals surface area contributed by atoms with Crippen LogP contribution >= 0.6 is 0 Å². The van der Waals surface area contributed by atoms with E-state index in [2.05, 4.69) is 51.4 Å². The highest BCUT2D eigenvalue weighted by Crippen LogP contribution is 2.25. The van der Waals surface area contributed by atoms with E-state index >= 15 is 0 Å². The third-order valence-corrected chi connectivity index (χ3v) is 9.79. The van der Waals surface area contributed by atoms with Crippen LogP contribution in [0, 0.1) is 34.6 Å². The molecule has 0 N–H and O–H groups in total. The number of fused-ring (bicyclic) bond motifs is 1. The summed E-state index contributed by atoms with van der Waals surface area (Å²) in [4.78, 5) is 13.6. The van der Waals surface area contributed by atoms with Gasteiger partial charge in [-0.25, -0.2) is 8.42 Å². The molecule has 6 heteroatoms. The third-order valence-electron chi connectivity index (χ3n) is 7.95. The van der Waals surface area contributed by atoms with Crippen molar-refractivity contribution in [1.29, 1.82) is 0 Å². The third kappa shape index (κ3) is 7.74. The van der Waals surface area contributed by atoms with Crippen LogP contribution in [0.3, 0.4) is 0 Å². The summed E-state index contributed by atoms with van der Waals surface area (Å²) in [5.74, 6) is 0.158. The lowest BCUT2D eigenvalue weighted by molar-refractivity contribution is -0.882. The Labute approximate surface area is 252 Å². The lowest BCUT2D eigenvalue weighted by Gasteiger charge is -2.30. The zero-order chi connectivity index (χ0) is 30.7. The van der Waals surface area contributed by atoms with E-state index < -0.39 is 10.0 Å². The highest BCUT2D eigenvalue weighted by atomic mass is 32.2. The summed E-state index contributed by atoms with van der Waals surface area (Å²) in [6.45, 7) is 12.1. The molecule has 0 atom stereocenters. The van der Waals surface area contributed by atoms with Crippen LogP contribution in [0.15, 0.2) is 77.7 Å². The maximum atomic E-state index is 14.0. The quantitative estimate of drug-likeness (QED) is 0.0995. The van der Waals surface area contributed by atoms with E-state index in [1.165, 1.54) is 5.56 Å². The Bertz CT molecular complexity index is 1660. The SMILES string of the molecule is Cc1cc(C)cc(CN(CCCC[N+](C)(C)CC(=O)c2c(C)cc(C)cc2C)S(=O)(=O)c2ccc3ccccc3c2)c1. The first-order chi connectivity index (χ1) is 19.7. The summed E-state index contributed by atoms with van der Waals surface area (Å²) in [5, 5.41) is 1.93. The highest BCUT2D eigenvalue weighted by molar-refractivity contribution is 7.89. The Kier molecular flexibility index (Phi) is 9.71. The minimum Gasteiger partial charge on any atom is -0.322 e. The predicted molar refractivity (Wildman–Crippen MR) is 174 cm³/mol. The molecule has 0 saturated carbocycles. The molecule has 4 aromatic carbocycles. The van der Waals surface area contributed by atoms with Crippen LogP contribution in [0.2, 0.25) is 0 Å². The monoisotopic (exact) mass is 585 g/mol. The number of sulfonamides is 1. The largest absolute Gasteiger partial charge is 0.322 e. The Hall–Kier alpha value is -3.32. The second-order valence-corrected chi connectivity index (χ2v) is 14.5. The average Bonchev–Trinajstić information content (AvgIpc) is 2.88. The molecule has 0 spiro atoms. The molecule has 0 bridgehead atoms. The molecule has 0 amide bonds. The topological polar surface area (TPSA) is 54.5 Å². The van der Waals surface area contributed by atoms with Crippen LogP contribution in [0.1, 0.15) is 56.6 Å². The molecule has 0 aliphatic heterocycles. The normalized spacial score (nSPS) is 12.3. The van der Waals surface area contributed by atoms with Crippen molar-refractivity contribution in [2.24, 2.45) is 0 Å². The van der Waals surface area contributed by atoms with E-state index in [-0.39, 0.29) is 5.78 Å². The number of Topliss-reactive ketones (excluding diaryl/α,β-unsaturated/α-hetero) is 1. The first kappa shape index (κ1) is 31.6. The Morgan fingerprint density at radius 3 is 1.98 bits per heavy atom. The lowest BCUT2D eigenvalue weighted by Crippen LogP contribution is -2.45. The zero-order valence-corrected chi connectivity index (χ0v) is 27.0. The molecule has 0 radical (unpaired) electrons. The molecule has 0 heterocycles. The van der Waals surface area contributed by atoms with Gasteiger partial charge in [0.2, 0.25) is 15.8 Å². The van der Waals surface area contributed by atoms with Crippen LogP contribution in [0.4, 0.5) is 0 Å². The van der Waals surface area contributed by atoms with E-state index in [0.717, 1.165) is 57.1 Å². The molecule has 0 aromatic heterocycles. The smallest absolute Gasteiger partial charge is 0.243 e. The second-order valence-electron chi connectivity index (χ2n) is 12.6. The number of aryl methyl sites for hydroxylation is 5. The Balaban J connectivity index is 1.49. The van der Waals surface area contributed by atoms with Crippen LogP contribution < -0.4 is 0 Å². The van der Waals surface area contributed by atoms with Gasteiger partial charge in [0.25, 0.3) is 0 Å². The van der Waals surface area contributed by atoms with Crippen LogP contribution in [0.25, 0.3) is 10.8 Å². The summed E-state index contributed by atoms with van der Waals surface area (Å²) in [6.07, 6.45) is 1.51. The van der Waals surface area contributed by atoms with Gasteiger partial charge in [0.05, 0.1) is 25.5 Å². The maximum absolute atomic E-state index is 14.0. The summed E-state index contributed by atoms with van der Waals surface area (Å²) >= 11 is 0. The Morgan fingerprint density at radius 2 is 1.33 bits per heavy atom. The molecule has 0 aliphatic rings. The fourth-order valence-electron chi connectivity index (χ4n) is 6.12. The number of likely N-dealkylation sites (N-methyl/N-ethyl adjacent to an activating group) is 1. The number of benzene rings is 4. The summed E-state index contributed by atoms with van der Waals surface area (Å²) in [6, 6.07) is 23.6. The number of carbonyl (C=O) groups excluding carboxylic acids is 1. The van der Waals surface area contributed by atoms with Gasteiger partial charge >= 0.3 is 0 Å². The number of hydrogen-bond donors (Lipinski definition) is 0. The second kappa shape index (κ2) is 12.9. The van der Waals surface area contributed by atoms with Gasteiger partial charge in [0, 0.05) is 18.7 Å². The maximum Gasteiger partial charge on any atom is 0.243 e. The fraction of sp³-hybridized carbons (Fsp3) is 0.361. The van der Waals surface area contributed by atoms with E-state index in [0.29, 0.717) is 35.4 Å². The van der Waals surface area contributed by atoms with E-state index in [1.54, 1.807) is 16.4 Å². The molecule has 0 saturated heterocycles. The summed E-state index contributed by atoms with van der Waals surface area (Å²) in [5.41, 5.74) is 7.28. The van der Waals surface area contributed by atoms with Gasteiger partial charge < -0.3 is 4.48 Å². The number of quaternary nitrogens is 1. The van der Waals surface area contributed by atoms with E-state index in [9.17, 15) is 13.2 Å². The molecule has 4 aromatic rings. The predicted octanol–water partition coefficient (Wildman–Crippen LogP) is 7.31. The number of ketones is 1. The molecular formula is C36H45N2O3S+.